The van der Waals surface area contributed by atoms with E-state index < -0.39 is 24.0 Å². The zero-order valence-corrected chi connectivity index (χ0v) is 8.79. The molecule has 0 saturated heterocycles. The molecule has 0 bridgehead atoms. The van der Waals surface area contributed by atoms with E-state index in [4.69, 9.17) is 9.47 Å². The van der Waals surface area contributed by atoms with E-state index in [1.165, 1.54) is 28.3 Å². The van der Waals surface area contributed by atoms with E-state index in [1.807, 2.05) is 0 Å². The van der Waals surface area contributed by atoms with Crippen LogP contribution in [0.2, 0.25) is 0 Å². The first-order valence-corrected chi connectivity index (χ1v) is 4.11. The van der Waals surface area contributed by atoms with E-state index in [0.717, 1.165) is 0 Å². The van der Waals surface area contributed by atoms with Crippen LogP contribution >= 0.6 is 0 Å². The summed E-state index contributed by atoms with van der Waals surface area (Å²) in [5, 5.41) is 4.77. The van der Waals surface area contributed by atoms with Crippen LogP contribution < -0.4 is 10.6 Å². The maximum atomic E-state index is 11.3. The Morgan fingerprint density at radius 1 is 0.929 bits per heavy atom. The highest BCUT2D eigenvalue weighted by Crippen LogP contribution is 2.03. The molecule has 0 saturated carbocycles. The molecular formula is C8H16N2O4. The standard InChI is InChI=1S/C8H16N2O4/c1-9-7(11)5(13-3)6(14-4)8(12)10-2/h5-6H,1-4H3,(H,9,11)(H,10,12)/t5-,6-/m1/s1. The van der Waals surface area contributed by atoms with Crippen molar-refractivity contribution in [3.05, 3.63) is 0 Å². The molecule has 0 rings (SSSR count). The van der Waals surface area contributed by atoms with E-state index in [9.17, 15) is 9.59 Å². The number of hydrogen-bond acceptors (Lipinski definition) is 4. The highest BCUT2D eigenvalue weighted by atomic mass is 16.5. The summed E-state index contributed by atoms with van der Waals surface area (Å²) < 4.78 is 9.76. The van der Waals surface area contributed by atoms with Gasteiger partial charge in [-0.1, -0.05) is 0 Å². The minimum Gasteiger partial charge on any atom is -0.368 e. The third-order valence-corrected chi connectivity index (χ3v) is 1.79. The average Bonchev–Trinajstić information content (AvgIpc) is 2.23. The molecule has 0 aromatic rings. The zero-order valence-electron chi connectivity index (χ0n) is 8.79. The van der Waals surface area contributed by atoms with Crippen molar-refractivity contribution in [2.24, 2.45) is 0 Å². The minimum absolute atomic E-state index is 0.400. The largest absolute Gasteiger partial charge is 0.368 e. The van der Waals surface area contributed by atoms with Gasteiger partial charge in [0.2, 0.25) is 0 Å². The van der Waals surface area contributed by atoms with Crippen molar-refractivity contribution < 1.29 is 19.1 Å². The molecule has 2 N–H and O–H groups in total. The predicted octanol–water partition coefficient (Wildman–Crippen LogP) is -1.49. The van der Waals surface area contributed by atoms with Crippen LogP contribution in [-0.4, -0.2) is 52.3 Å². The predicted molar refractivity (Wildman–Crippen MR) is 49.7 cm³/mol. The smallest absolute Gasteiger partial charge is 0.252 e. The molecule has 2 atom stereocenters. The first kappa shape index (κ1) is 12.9. The van der Waals surface area contributed by atoms with Gasteiger partial charge in [0.1, 0.15) is 0 Å². The Morgan fingerprint density at radius 3 is 1.36 bits per heavy atom. The Morgan fingerprint density at radius 2 is 1.21 bits per heavy atom. The molecule has 0 heterocycles. The lowest BCUT2D eigenvalue weighted by Gasteiger charge is -2.21. The van der Waals surface area contributed by atoms with Crippen molar-refractivity contribution >= 4 is 11.8 Å². The van der Waals surface area contributed by atoms with Gasteiger partial charge in [0.05, 0.1) is 0 Å². The van der Waals surface area contributed by atoms with Crippen molar-refractivity contribution in [2.45, 2.75) is 12.2 Å². The number of ether oxygens (including phenoxy) is 2. The lowest BCUT2D eigenvalue weighted by molar-refractivity contribution is -0.150. The quantitative estimate of drug-likeness (QED) is 0.572. The molecule has 14 heavy (non-hydrogen) atoms. The summed E-state index contributed by atoms with van der Waals surface area (Å²) in [7, 11) is 5.61. The van der Waals surface area contributed by atoms with Crippen molar-refractivity contribution in [1.82, 2.24) is 10.6 Å². The van der Waals surface area contributed by atoms with Gasteiger partial charge >= 0.3 is 0 Å². The molecule has 0 aliphatic heterocycles. The van der Waals surface area contributed by atoms with Crippen molar-refractivity contribution in [3.63, 3.8) is 0 Å². The van der Waals surface area contributed by atoms with E-state index in [1.54, 1.807) is 0 Å². The summed E-state index contributed by atoms with van der Waals surface area (Å²) in [6, 6.07) is 0. The Balaban J connectivity index is 4.60. The van der Waals surface area contributed by atoms with Gasteiger partial charge in [-0.3, -0.25) is 9.59 Å². The van der Waals surface area contributed by atoms with Crippen molar-refractivity contribution in [2.75, 3.05) is 28.3 Å². The van der Waals surface area contributed by atoms with Gasteiger partial charge in [0.25, 0.3) is 11.8 Å². The topological polar surface area (TPSA) is 76.7 Å². The molecule has 0 aromatic carbocycles. The van der Waals surface area contributed by atoms with Crippen LogP contribution in [0.3, 0.4) is 0 Å². The van der Waals surface area contributed by atoms with Gasteiger partial charge in [0, 0.05) is 28.3 Å². The highest BCUT2D eigenvalue weighted by Gasteiger charge is 2.32. The SMILES string of the molecule is CNC(=O)[C@H](OC)[C@@H](OC)C(=O)NC. The van der Waals surface area contributed by atoms with E-state index >= 15 is 0 Å². The maximum Gasteiger partial charge on any atom is 0.252 e. The maximum absolute atomic E-state index is 11.3. The molecule has 2 amide bonds. The molecular weight excluding hydrogens is 188 g/mol. The molecule has 0 unspecified atom stereocenters. The van der Waals surface area contributed by atoms with Gasteiger partial charge in [0.15, 0.2) is 12.2 Å². The summed E-state index contributed by atoms with van der Waals surface area (Å²) in [4.78, 5) is 22.5. The lowest BCUT2D eigenvalue weighted by Crippen LogP contribution is -2.50. The fourth-order valence-corrected chi connectivity index (χ4v) is 1.02. The van der Waals surface area contributed by atoms with Crippen LogP contribution in [0.1, 0.15) is 0 Å². The summed E-state index contributed by atoms with van der Waals surface area (Å²) in [6.07, 6.45) is -1.88. The molecule has 0 aromatic heterocycles. The summed E-state index contributed by atoms with van der Waals surface area (Å²) >= 11 is 0. The minimum atomic E-state index is -0.940. The number of hydrogen-bond donors (Lipinski definition) is 2. The monoisotopic (exact) mass is 204 g/mol. The number of carbonyl (C=O) groups is 2. The molecule has 0 fully saturated rings. The first-order valence-electron chi connectivity index (χ1n) is 4.11. The van der Waals surface area contributed by atoms with Crippen molar-refractivity contribution in [3.8, 4) is 0 Å². The molecule has 0 aliphatic rings. The third kappa shape index (κ3) is 2.97. The third-order valence-electron chi connectivity index (χ3n) is 1.79. The van der Waals surface area contributed by atoms with Gasteiger partial charge in [-0.25, -0.2) is 0 Å². The van der Waals surface area contributed by atoms with E-state index in [0.29, 0.717) is 0 Å². The van der Waals surface area contributed by atoms with Crippen LogP contribution in [0.15, 0.2) is 0 Å². The summed E-state index contributed by atoms with van der Waals surface area (Å²) in [5.74, 6) is -0.800. The van der Waals surface area contributed by atoms with Crippen LogP contribution in [0.25, 0.3) is 0 Å². The molecule has 82 valence electrons. The number of carbonyl (C=O) groups excluding carboxylic acids is 2. The first-order chi connectivity index (χ1) is 6.62. The Kier molecular flexibility index (Phi) is 5.82. The lowest BCUT2D eigenvalue weighted by atomic mass is 10.1. The second-order valence-corrected chi connectivity index (χ2v) is 2.54. The fourth-order valence-electron chi connectivity index (χ4n) is 1.02. The summed E-state index contributed by atoms with van der Waals surface area (Å²) in [5.41, 5.74) is 0. The van der Waals surface area contributed by atoms with Gasteiger partial charge < -0.3 is 20.1 Å². The number of rotatable bonds is 5. The van der Waals surface area contributed by atoms with Gasteiger partial charge in [-0.15, -0.1) is 0 Å². The zero-order chi connectivity index (χ0) is 11.1. The van der Waals surface area contributed by atoms with Crippen LogP contribution in [0.4, 0.5) is 0 Å². The average molecular weight is 204 g/mol. The second kappa shape index (κ2) is 6.33. The highest BCUT2D eigenvalue weighted by molar-refractivity contribution is 5.90. The van der Waals surface area contributed by atoms with Crippen molar-refractivity contribution in [1.29, 1.82) is 0 Å². The van der Waals surface area contributed by atoms with Crippen LogP contribution in [0, 0.1) is 0 Å². The number of methoxy groups -OCH3 is 2. The number of likely N-dealkylation sites (N-methyl/N-ethyl adjacent to an activating group) is 2. The number of amides is 2. The molecule has 6 nitrogen and oxygen atoms in total. The molecule has 0 radical (unpaired) electrons. The second-order valence-electron chi connectivity index (χ2n) is 2.54. The normalized spacial score (nSPS) is 14.3. The Labute approximate surface area is 82.9 Å². The molecule has 0 aliphatic carbocycles. The van der Waals surface area contributed by atoms with E-state index in [2.05, 4.69) is 10.6 Å². The van der Waals surface area contributed by atoms with Gasteiger partial charge in [-0.2, -0.15) is 0 Å². The van der Waals surface area contributed by atoms with Gasteiger partial charge in [-0.05, 0) is 0 Å². The van der Waals surface area contributed by atoms with Crippen LogP contribution in [-0.2, 0) is 19.1 Å². The van der Waals surface area contributed by atoms with E-state index in [-0.39, 0.29) is 0 Å². The number of nitrogens with one attached hydrogen (secondary N) is 2. The van der Waals surface area contributed by atoms with Crippen LogP contribution in [0.5, 0.6) is 0 Å². The summed E-state index contributed by atoms with van der Waals surface area (Å²) in [6.45, 7) is 0. The Bertz CT molecular complexity index is 186. The molecule has 0 spiro atoms. The fraction of sp³-hybridized carbons (Fsp3) is 0.750. The Hall–Kier alpha value is -1.14. The molecule has 6 heteroatoms.